The first-order chi connectivity index (χ1) is 10.6. The molecule has 1 aromatic carbocycles. The van der Waals surface area contributed by atoms with Gasteiger partial charge >= 0.3 is 0 Å². The second kappa shape index (κ2) is 6.95. The van der Waals surface area contributed by atoms with Crippen molar-refractivity contribution in [3.63, 3.8) is 0 Å². The minimum atomic E-state index is -0.0705. The first-order valence-electron chi connectivity index (χ1n) is 7.17. The number of carbonyl (C=O) groups is 1. The number of nitrogens with zero attached hydrogens (tertiary/aromatic N) is 2. The van der Waals surface area contributed by atoms with Gasteiger partial charge in [-0.15, -0.1) is 0 Å². The van der Waals surface area contributed by atoms with E-state index in [1.807, 2.05) is 61.3 Å². The van der Waals surface area contributed by atoms with Gasteiger partial charge in [0.15, 0.2) is 0 Å². The number of carbonyl (C=O) groups excluding carboxylic acids is 1. The molecule has 0 aromatic heterocycles. The van der Waals surface area contributed by atoms with Crippen molar-refractivity contribution in [3.8, 4) is 0 Å². The molecule has 0 fully saturated rings. The van der Waals surface area contributed by atoms with Crippen LogP contribution in [0.5, 0.6) is 0 Å². The van der Waals surface area contributed by atoms with Crippen LogP contribution in [0.4, 0.5) is 5.69 Å². The number of nitrogens with one attached hydrogen (secondary N) is 1. The van der Waals surface area contributed by atoms with Crippen molar-refractivity contribution < 1.29 is 4.79 Å². The van der Waals surface area contributed by atoms with E-state index in [4.69, 9.17) is 5.73 Å². The zero-order valence-corrected chi connectivity index (χ0v) is 13.2. The van der Waals surface area contributed by atoms with Gasteiger partial charge < -0.3 is 10.6 Å². The van der Waals surface area contributed by atoms with Gasteiger partial charge in [0.2, 0.25) is 6.41 Å². The summed E-state index contributed by atoms with van der Waals surface area (Å²) in [4.78, 5) is 12.4. The van der Waals surface area contributed by atoms with Crippen LogP contribution in [0, 0.1) is 0 Å². The Morgan fingerprint density at radius 3 is 2.64 bits per heavy atom. The lowest BCUT2D eigenvalue weighted by molar-refractivity contribution is -0.115. The summed E-state index contributed by atoms with van der Waals surface area (Å²) >= 11 is 0. The average Bonchev–Trinajstić information content (AvgIpc) is 2.83. The molecule has 0 saturated heterocycles. The van der Waals surface area contributed by atoms with Crippen LogP contribution in [0.2, 0.25) is 0 Å². The number of allylic oxidation sites excluding steroid dienone is 1. The molecular formula is C17H22N4O. The van der Waals surface area contributed by atoms with Crippen molar-refractivity contribution in [2.75, 3.05) is 12.1 Å². The van der Waals surface area contributed by atoms with Gasteiger partial charge in [-0.1, -0.05) is 30.4 Å². The normalized spacial score (nSPS) is 19.1. The molecule has 5 heteroatoms. The standard InChI is InChI=1S/C17H22N4O/c1-4-8-14(11-20(3)12-22)16-13(2)17(18)21(19-16)15-9-6-5-7-10-15/h4-12,16,19H,18H2,1-3H3/b8-4-,14-11+. The largest absolute Gasteiger partial charge is 0.384 e. The van der Waals surface area contributed by atoms with Crippen LogP contribution in [-0.4, -0.2) is 24.4 Å². The topological polar surface area (TPSA) is 61.6 Å². The fourth-order valence-corrected chi connectivity index (χ4v) is 2.41. The zero-order valence-electron chi connectivity index (χ0n) is 13.2. The molecule has 1 aromatic rings. The van der Waals surface area contributed by atoms with Crippen LogP contribution >= 0.6 is 0 Å². The molecule has 1 aliphatic rings. The van der Waals surface area contributed by atoms with Crippen LogP contribution in [0.3, 0.4) is 0 Å². The predicted molar refractivity (Wildman–Crippen MR) is 89.5 cm³/mol. The van der Waals surface area contributed by atoms with E-state index in [0.29, 0.717) is 5.82 Å². The van der Waals surface area contributed by atoms with E-state index in [1.165, 1.54) is 4.90 Å². The number of rotatable bonds is 5. The van der Waals surface area contributed by atoms with E-state index in [9.17, 15) is 4.79 Å². The predicted octanol–water partition coefficient (Wildman–Crippen LogP) is 2.12. The number of para-hydroxylation sites is 1. The number of hydrogen-bond donors (Lipinski definition) is 2. The molecule has 1 atom stereocenters. The van der Waals surface area contributed by atoms with E-state index < -0.39 is 0 Å². The van der Waals surface area contributed by atoms with Crippen LogP contribution in [0.1, 0.15) is 13.8 Å². The monoisotopic (exact) mass is 298 g/mol. The summed E-state index contributed by atoms with van der Waals surface area (Å²) in [6.45, 7) is 3.94. The number of benzene rings is 1. The highest BCUT2D eigenvalue weighted by Crippen LogP contribution is 2.27. The summed E-state index contributed by atoms with van der Waals surface area (Å²) in [7, 11) is 1.71. The molecule has 0 spiro atoms. The molecular weight excluding hydrogens is 276 g/mol. The van der Waals surface area contributed by atoms with E-state index in [1.54, 1.807) is 13.2 Å². The van der Waals surface area contributed by atoms with Crippen LogP contribution in [0.15, 0.2) is 65.7 Å². The molecule has 0 radical (unpaired) electrons. The summed E-state index contributed by atoms with van der Waals surface area (Å²) in [5.74, 6) is 0.681. The smallest absolute Gasteiger partial charge is 0.213 e. The van der Waals surface area contributed by atoms with Gasteiger partial charge in [-0.2, -0.15) is 0 Å². The minimum Gasteiger partial charge on any atom is -0.384 e. The molecule has 116 valence electrons. The van der Waals surface area contributed by atoms with Crippen molar-refractivity contribution >= 4 is 12.1 Å². The second-order valence-corrected chi connectivity index (χ2v) is 5.20. The Bertz CT molecular complexity index is 619. The minimum absolute atomic E-state index is 0.0705. The molecule has 2 rings (SSSR count). The number of nitrogens with two attached hydrogens (primary N) is 1. The first kappa shape index (κ1) is 15.9. The molecule has 1 aliphatic heterocycles. The van der Waals surface area contributed by atoms with Gasteiger partial charge in [0.05, 0.1) is 11.7 Å². The Morgan fingerprint density at radius 2 is 2.05 bits per heavy atom. The molecule has 1 amide bonds. The van der Waals surface area contributed by atoms with Gasteiger partial charge in [-0.3, -0.25) is 9.80 Å². The second-order valence-electron chi connectivity index (χ2n) is 5.20. The van der Waals surface area contributed by atoms with Crippen molar-refractivity contribution in [1.29, 1.82) is 0 Å². The summed E-state index contributed by atoms with van der Waals surface area (Å²) in [6, 6.07) is 9.82. The van der Waals surface area contributed by atoms with Crippen molar-refractivity contribution in [2.45, 2.75) is 19.9 Å². The quantitative estimate of drug-likeness (QED) is 0.646. The van der Waals surface area contributed by atoms with E-state index >= 15 is 0 Å². The van der Waals surface area contributed by atoms with Crippen molar-refractivity contribution in [2.24, 2.45) is 5.73 Å². The number of amides is 1. The fraction of sp³-hybridized carbons (Fsp3) is 0.235. The average molecular weight is 298 g/mol. The zero-order chi connectivity index (χ0) is 16.1. The SMILES string of the molecule is C/C=C\C(=C/N(C)C=O)C1NN(c2ccccc2)C(N)=C1C. The third-order valence-corrected chi connectivity index (χ3v) is 3.56. The lowest BCUT2D eigenvalue weighted by Gasteiger charge is -2.23. The van der Waals surface area contributed by atoms with Gasteiger partial charge in [0, 0.05) is 13.2 Å². The lowest BCUT2D eigenvalue weighted by Crippen LogP contribution is -2.40. The van der Waals surface area contributed by atoms with Gasteiger partial charge in [-0.25, -0.2) is 5.43 Å². The van der Waals surface area contributed by atoms with E-state index in [2.05, 4.69) is 5.43 Å². The molecule has 0 saturated carbocycles. The summed E-state index contributed by atoms with van der Waals surface area (Å²) in [5.41, 5.74) is 12.6. The van der Waals surface area contributed by atoms with E-state index in [-0.39, 0.29) is 6.04 Å². The molecule has 3 N–H and O–H groups in total. The Balaban J connectivity index is 2.34. The highest BCUT2D eigenvalue weighted by atomic mass is 16.1. The van der Waals surface area contributed by atoms with Gasteiger partial charge in [0.1, 0.15) is 5.82 Å². The van der Waals surface area contributed by atoms with Crippen LogP contribution < -0.4 is 16.2 Å². The molecule has 1 unspecified atom stereocenters. The summed E-state index contributed by atoms with van der Waals surface area (Å²) < 4.78 is 0. The van der Waals surface area contributed by atoms with Crippen LogP contribution in [-0.2, 0) is 4.79 Å². The molecule has 5 nitrogen and oxygen atoms in total. The third-order valence-electron chi connectivity index (χ3n) is 3.56. The third kappa shape index (κ3) is 3.20. The Hall–Kier alpha value is -2.53. The maximum absolute atomic E-state index is 10.9. The van der Waals surface area contributed by atoms with Gasteiger partial charge in [0.25, 0.3) is 0 Å². The summed E-state index contributed by atoms with van der Waals surface area (Å²) in [6.07, 6.45) is 6.50. The van der Waals surface area contributed by atoms with Gasteiger partial charge in [-0.05, 0) is 37.1 Å². The molecule has 1 heterocycles. The van der Waals surface area contributed by atoms with Crippen molar-refractivity contribution in [1.82, 2.24) is 10.3 Å². The van der Waals surface area contributed by atoms with E-state index in [0.717, 1.165) is 23.2 Å². The molecule has 0 aliphatic carbocycles. The Labute approximate surface area is 131 Å². The molecule has 22 heavy (non-hydrogen) atoms. The Kier molecular flexibility index (Phi) is 5.01. The Morgan fingerprint density at radius 1 is 1.36 bits per heavy atom. The number of hydrazine groups is 1. The lowest BCUT2D eigenvalue weighted by atomic mass is 10.0. The summed E-state index contributed by atoms with van der Waals surface area (Å²) in [5, 5.41) is 1.87. The van der Waals surface area contributed by atoms with Crippen molar-refractivity contribution in [3.05, 3.63) is 65.7 Å². The fourth-order valence-electron chi connectivity index (χ4n) is 2.41. The maximum atomic E-state index is 10.9. The number of anilines is 1. The maximum Gasteiger partial charge on any atom is 0.213 e. The number of hydrogen-bond acceptors (Lipinski definition) is 4. The van der Waals surface area contributed by atoms with Crippen LogP contribution in [0.25, 0.3) is 0 Å². The highest BCUT2D eigenvalue weighted by Gasteiger charge is 2.29. The highest BCUT2D eigenvalue weighted by molar-refractivity contribution is 5.56. The molecule has 0 bridgehead atoms. The first-order valence-corrected chi connectivity index (χ1v) is 7.17.